The summed E-state index contributed by atoms with van der Waals surface area (Å²) in [5.41, 5.74) is 8.63. The van der Waals surface area contributed by atoms with Crippen molar-refractivity contribution in [2.75, 3.05) is 59.3 Å². The number of benzene rings is 1. The van der Waals surface area contributed by atoms with Crippen LogP contribution in [0.4, 0.5) is 0 Å². The number of thiazole rings is 1. The topological polar surface area (TPSA) is 159 Å². The molecule has 1 spiro atoms. The molecule has 334 valence electrons. The third kappa shape index (κ3) is 7.20. The summed E-state index contributed by atoms with van der Waals surface area (Å²) < 4.78 is 32.9. The lowest BCUT2D eigenvalue weighted by Gasteiger charge is -2.58. The molecule has 2 N–H and O–H groups in total. The third-order valence-corrected chi connectivity index (χ3v) is 15.5. The molecule has 5 saturated heterocycles. The molecule has 0 unspecified atom stereocenters. The van der Waals surface area contributed by atoms with Gasteiger partial charge in [0, 0.05) is 70.6 Å². The van der Waals surface area contributed by atoms with Gasteiger partial charge in [0.1, 0.15) is 22.7 Å². The highest BCUT2D eigenvalue weighted by Gasteiger charge is 2.62. The highest BCUT2D eigenvalue weighted by Crippen LogP contribution is 2.53. The normalized spacial score (nSPS) is 31.7. The van der Waals surface area contributed by atoms with Crippen molar-refractivity contribution in [3.8, 4) is 22.5 Å². The van der Waals surface area contributed by atoms with Crippen LogP contribution < -0.4 is 10.7 Å². The Morgan fingerprint density at radius 2 is 1.86 bits per heavy atom. The number of hydrogen-bond acceptors (Lipinski definition) is 13. The average Bonchev–Trinajstić information content (AvgIpc) is 4.00. The Hall–Kier alpha value is -4.29. The molecule has 2 amide bonds. The molecule has 15 nitrogen and oxygen atoms in total. The third-order valence-electron chi connectivity index (χ3n) is 14.6. The van der Waals surface area contributed by atoms with E-state index in [4.69, 9.17) is 33.7 Å². The smallest absolute Gasteiger partial charge is 0.324 e. The number of rotatable bonds is 3. The molecule has 1 aromatic carbocycles. The molecule has 0 radical (unpaired) electrons. The van der Waals surface area contributed by atoms with Crippen molar-refractivity contribution in [3.63, 3.8) is 0 Å². The number of nitrogens with zero attached hydrogens (tertiary/aromatic N) is 5. The minimum Gasteiger partial charge on any atom is -0.464 e. The number of hydrogen-bond donors (Lipinski definition) is 2. The number of cyclic esters (lactones) is 1. The molecule has 3 aromatic heterocycles. The van der Waals surface area contributed by atoms with Gasteiger partial charge >= 0.3 is 5.97 Å². The summed E-state index contributed by atoms with van der Waals surface area (Å²) in [6, 6.07) is 8.30. The Kier molecular flexibility index (Phi) is 10.3. The quantitative estimate of drug-likeness (QED) is 0.267. The summed E-state index contributed by atoms with van der Waals surface area (Å²) in [4.78, 5) is 56.1. The predicted molar refractivity (Wildman–Crippen MR) is 233 cm³/mol. The molecule has 6 fully saturated rings. The molecule has 16 heteroatoms. The average molecular weight is 880 g/mol. The van der Waals surface area contributed by atoms with Crippen molar-refractivity contribution >= 4 is 40.0 Å². The fourth-order valence-corrected chi connectivity index (χ4v) is 12.1. The lowest BCUT2D eigenvalue weighted by Crippen LogP contribution is -2.70. The number of esters is 1. The molecular weight excluding hydrogens is 823 g/mol. The van der Waals surface area contributed by atoms with Crippen molar-refractivity contribution in [1.82, 2.24) is 35.2 Å². The molecular formula is C47H57N7O8S. The molecule has 10 heterocycles. The monoisotopic (exact) mass is 879 g/mol. The van der Waals surface area contributed by atoms with Crippen LogP contribution >= 0.6 is 11.3 Å². The minimum atomic E-state index is -1.01. The van der Waals surface area contributed by atoms with E-state index in [0.29, 0.717) is 97.2 Å². The van der Waals surface area contributed by atoms with Crippen molar-refractivity contribution < 1.29 is 38.1 Å². The SMILES string of the molecule is C[C@@H]1OCCOCCn2c(c3c4cc(ccc42)-c2csc(n2)[C@@H](N2CC4(COC4)C2)[C@H](NC(=O)C24CC(C2)[C@H](C)O4)C(=O)N2CCC[C@H](N2)C(=O)OCC(C)(C)C3)-c2cccnc21. The van der Waals surface area contributed by atoms with E-state index >= 15 is 4.79 Å². The van der Waals surface area contributed by atoms with Gasteiger partial charge in [-0.1, -0.05) is 19.9 Å². The lowest BCUT2D eigenvalue weighted by molar-refractivity contribution is -0.203. The lowest BCUT2D eigenvalue weighted by atomic mass is 9.72. The Morgan fingerprint density at radius 3 is 2.63 bits per heavy atom. The zero-order valence-electron chi connectivity index (χ0n) is 36.5. The summed E-state index contributed by atoms with van der Waals surface area (Å²) in [6.45, 7) is 13.7. The first kappa shape index (κ1) is 41.4. The van der Waals surface area contributed by atoms with Crippen LogP contribution in [0.5, 0.6) is 0 Å². The van der Waals surface area contributed by atoms with E-state index in [1.165, 1.54) is 16.3 Å². The van der Waals surface area contributed by atoms with Crippen LogP contribution in [0.3, 0.4) is 0 Å². The molecule has 1 saturated carbocycles. The molecule has 12 rings (SSSR count). The van der Waals surface area contributed by atoms with Gasteiger partial charge in [-0.3, -0.25) is 29.3 Å². The second-order valence-corrected chi connectivity index (χ2v) is 20.8. The fourth-order valence-electron chi connectivity index (χ4n) is 11.2. The zero-order valence-corrected chi connectivity index (χ0v) is 37.3. The van der Waals surface area contributed by atoms with Crippen molar-refractivity contribution in [2.45, 2.75) is 102 Å². The van der Waals surface area contributed by atoms with E-state index in [2.05, 4.69) is 63.7 Å². The molecule has 4 aromatic rings. The van der Waals surface area contributed by atoms with Gasteiger partial charge in [0.2, 0.25) is 0 Å². The van der Waals surface area contributed by atoms with E-state index in [-0.39, 0.29) is 36.0 Å². The van der Waals surface area contributed by atoms with E-state index in [1.54, 1.807) is 0 Å². The molecule has 8 aliphatic rings. The van der Waals surface area contributed by atoms with Gasteiger partial charge in [0.25, 0.3) is 11.8 Å². The Bertz CT molecular complexity index is 2450. The number of nitrogens with one attached hydrogen (secondary N) is 2. The van der Waals surface area contributed by atoms with Gasteiger partial charge < -0.3 is 33.6 Å². The number of pyridine rings is 1. The number of aromatic nitrogens is 3. The number of carbonyl (C=O) groups excluding carboxylic acids is 3. The minimum absolute atomic E-state index is 0.0163. The fraction of sp³-hybridized carbons (Fsp3) is 0.596. The molecule has 5 atom stereocenters. The van der Waals surface area contributed by atoms with Crippen LogP contribution in [0, 0.1) is 16.7 Å². The summed E-state index contributed by atoms with van der Waals surface area (Å²) in [6.07, 6.45) is 4.50. The molecule has 63 heavy (non-hydrogen) atoms. The van der Waals surface area contributed by atoms with Gasteiger partial charge in [-0.25, -0.2) is 10.4 Å². The summed E-state index contributed by atoms with van der Waals surface area (Å²) >= 11 is 1.51. The van der Waals surface area contributed by atoms with Crippen molar-refractivity contribution in [3.05, 3.63) is 58.2 Å². The number of carbonyl (C=O) groups is 3. The first-order valence-electron chi connectivity index (χ1n) is 22.7. The van der Waals surface area contributed by atoms with E-state index in [9.17, 15) is 9.59 Å². The maximum absolute atomic E-state index is 15.1. The number of amides is 2. The second kappa shape index (κ2) is 15.7. The Morgan fingerprint density at radius 1 is 1.02 bits per heavy atom. The Balaban J connectivity index is 1.06. The van der Waals surface area contributed by atoms with Crippen LogP contribution in [0.15, 0.2) is 41.9 Å². The van der Waals surface area contributed by atoms with Gasteiger partial charge in [0.05, 0.1) is 75.0 Å². The summed E-state index contributed by atoms with van der Waals surface area (Å²) in [5, 5.41) is 8.66. The van der Waals surface area contributed by atoms with E-state index in [1.807, 2.05) is 26.1 Å². The van der Waals surface area contributed by atoms with Gasteiger partial charge in [-0.2, -0.15) is 0 Å². The predicted octanol–water partition coefficient (Wildman–Crippen LogP) is 4.98. The van der Waals surface area contributed by atoms with Crippen molar-refractivity contribution in [1.29, 1.82) is 0 Å². The Labute approximate surface area is 371 Å². The number of fused-ring (bicyclic) bond motifs is 12. The molecule has 7 aliphatic heterocycles. The summed E-state index contributed by atoms with van der Waals surface area (Å²) in [5.74, 6) is -0.661. The number of likely N-dealkylation sites (tertiary alicyclic amines) is 1. The standard InChI is InChI=1S/C47H57N7O8S/c1-27-30-18-47(19-30,62-27)44(57)50-38-40(52-22-46(23-52)25-59-26-46)41-49-35(21-63-41)29-9-10-36-32(17-29)33(20-45(3,4)24-61-43(56)34-8-6-12-54(51-34)42(38)55)39-31-7-5-11-48-37(31)28(2)60-16-15-58-14-13-53(36)39/h5,7,9-11,17,21,27-28,30,34,38,40,51H,6,8,12-16,18-20,22-26H2,1-4H3,(H,50,57)/t27-,28-,30?,34-,38-,40-,47?/m0/s1. The van der Waals surface area contributed by atoms with E-state index in [0.717, 1.165) is 49.7 Å². The molecule has 8 bridgehead atoms. The van der Waals surface area contributed by atoms with Gasteiger partial charge in [0.15, 0.2) is 0 Å². The first-order chi connectivity index (χ1) is 30.4. The number of hydrazine groups is 1. The maximum Gasteiger partial charge on any atom is 0.324 e. The van der Waals surface area contributed by atoms with Crippen LogP contribution in [0.1, 0.15) is 81.8 Å². The van der Waals surface area contributed by atoms with E-state index < -0.39 is 35.1 Å². The first-order valence-corrected chi connectivity index (χ1v) is 23.6. The highest BCUT2D eigenvalue weighted by atomic mass is 32.1. The van der Waals surface area contributed by atoms with Crippen LogP contribution in [0.25, 0.3) is 33.4 Å². The molecule has 1 aliphatic carbocycles. The zero-order chi connectivity index (χ0) is 43.3. The second-order valence-electron chi connectivity index (χ2n) is 19.9. The van der Waals surface area contributed by atoms with Crippen molar-refractivity contribution in [2.24, 2.45) is 16.7 Å². The van der Waals surface area contributed by atoms with Crippen LogP contribution in [-0.2, 0) is 51.0 Å². The summed E-state index contributed by atoms with van der Waals surface area (Å²) in [7, 11) is 0. The van der Waals surface area contributed by atoms with Crippen LogP contribution in [0.2, 0.25) is 0 Å². The van der Waals surface area contributed by atoms with Gasteiger partial charge in [-0.05, 0) is 81.7 Å². The highest BCUT2D eigenvalue weighted by molar-refractivity contribution is 7.10. The largest absolute Gasteiger partial charge is 0.464 e. The van der Waals surface area contributed by atoms with Gasteiger partial charge in [-0.15, -0.1) is 11.3 Å². The number of ether oxygens (including phenoxy) is 5. The van der Waals surface area contributed by atoms with Crippen LogP contribution in [-0.4, -0.2) is 125 Å². The maximum atomic E-state index is 15.1.